The number of nitrogens with one attached hydrogen (secondary N) is 1. The van der Waals surface area contributed by atoms with E-state index in [-0.39, 0.29) is 18.8 Å². The summed E-state index contributed by atoms with van der Waals surface area (Å²) in [6.07, 6.45) is 7.61. The third-order valence-corrected chi connectivity index (χ3v) is 6.24. The van der Waals surface area contributed by atoms with Crippen LogP contribution in [0.3, 0.4) is 0 Å². The zero-order chi connectivity index (χ0) is 24.5. The molecule has 3 aromatic heterocycles. The number of benzene rings is 1. The number of nitrogens with zero attached hydrogens (tertiary/aromatic N) is 5. The highest BCUT2D eigenvalue weighted by Gasteiger charge is 2.16. The number of pyridine rings is 2. The Morgan fingerprint density at radius 2 is 1.94 bits per heavy atom. The van der Waals surface area contributed by atoms with Gasteiger partial charge in [0.25, 0.3) is 0 Å². The van der Waals surface area contributed by atoms with Crippen molar-refractivity contribution in [3.8, 4) is 11.1 Å². The minimum absolute atomic E-state index is 0.102. The van der Waals surface area contributed by atoms with Gasteiger partial charge in [0.1, 0.15) is 0 Å². The van der Waals surface area contributed by atoms with Gasteiger partial charge in [-0.2, -0.15) is 0 Å². The lowest BCUT2D eigenvalue weighted by Gasteiger charge is -2.09. The Morgan fingerprint density at radius 3 is 2.59 bits per heavy atom. The van der Waals surface area contributed by atoms with Crippen molar-refractivity contribution in [1.29, 1.82) is 0 Å². The predicted octanol–water partition coefficient (Wildman–Crippen LogP) is 1.50. The van der Waals surface area contributed by atoms with Crippen LogP contribution in [0, 0.1) is 0 Å². The fraction of sp³-hybridized carbons (Fsp3) is 0.217. The average Bonchev–Trinajstić information content (AvgIpc) is 3.06. The maximum atomic E-state index is 12.9. The molecule has 0 radical (unpaired) electrons. The second-order valence-electron chi connectivity index (χ2n) is 7.83. The van der Waals surface area contributed by atoms with Gasteiger partial charge in [0, 0.05) is 62.3 Å². The maximum Gasteiger partial charge on any atom is 0.328 e. The van der Waals surface area contributed by atoms with Gasteiger partial charge in [0.2, 0.25) is 10.0 Å². The van der Waals surface area contributed by atoms with Crippen LogP contribution < -0.4 is 16.1 Å². The van der Waals surface area contributed by atoms with Gasteiger partial charge in [-0.3, -0.25) is 24.1 Å². The Labute approximate surface area is 196 Å². The molecule has 3 N–H and O–H groups in total. The number of aromatic nitrogens is 4. The Kier molecular flexibility index (Phi) is 6.31. The van der Waals surface area contributed by atoms with E-state index >= 15 is 0 Å². The van der Waals surface area contributed by atoms with Crippen molar-refractivity contribution in [2.24, 2.45) is 17.8 Å². The van der Waals surface area contributed by atoms with Gasteiger partial charge >= 0.3 is 5.69 Å². The van der Waals surface area contributed by atoms with Crippen LogP contribution in [0.2, 0.25) is 0 Å². The first-order valence-electron chi connectivity index (χ1n) is 10.5. The molecule has 1 aromatic carbocycles. The molecule has 0 amide bonds. The van der Waals surface area contributed by atoms with Crippen LogP contribution in [-0.4, -0.2) is 53.6 Å². The quantitative estimate of drug-likeness (QED) is 0.385. The molecule has 176 valence electrons. The summed E-state index contributed by atoms with van der Waals surface area (Å²) in [5.41, 5.74) is 10.7. The van der Waals surface area contributed by atoms with E-state index < -0.39 is 10.0 Å². The zero-order valence-electron chi connectivity index (χ0n) is 19.1. The number of rotatable bonds is 7. The van der Waals surface area contributed by atoms with E-state index in [1.54, 1.807) is 37.3 Å². The highest BCUT2D eigenvalue weighted by molar-refractivity contribution is 7.88. The summed E-state index contributed by atoms with van der Waals surface area (Å²) >= 11 is 0. The third-order valence-electron chi connectivity index (χ3n) is 5.51. The Bertz CT molecular complexity index is 1600. The van der Waals surface area contributed by atoms with Crippen LogP contribution in [0.15, 0.2) is 58.7 Å². The Morgan fingerprint density at radius 1 is 1.18 bits per heavy atom. The fourth-order valence-corrected chi connectivity index (χ4v) is 4.34. The normalized spacial score (nSPS) is 12.9. The van der Waals surface area contributed by atoms with E-state index in [2.05, 4.69) is 19.7 Å². The van der Waals surface area contributed by atoms with Crippen LogP contribution in [0.25, 0.3) is 38.6 Å². The van der Waals surface area contributed by atoms with E-state index in [9.17, 15) is 13.2 Å². The summed E-state index contributed by atoms with van der Waals surface area (Å²) in [4.78, 5) is 25.9. The molecule has 0 saturated carbocycles. The zero-order valence-corrected chi connectivity index (χ0v) is 19.9. The van der Waals surface area contributed by atoms with Crippen LogP contribution in [0.4, 0.5) is 0 Å². The topological polar surface area (TPSA) is 137 Å². The SMILES string of the molecule is CN=CC(=CN)c1ccc(-c2ccc3ncc4c(c3c2)n(CCNS(C)(=O)=O)c(=O)n4C)cn1. The largest absolute Gasteiger partial charge is 0.404 e. The van der Waals surface area contributed by atoms with Crippen molar-refractivity contribution in [1.82, 2.24) is 23.8 Å². The summed E-state index contributed by atoms with van der Waals surface area (Å²) in [5.74, 6) is 0. The monoisotopic (exact) mass is 479 g/mol. The predicted molar refractivity (Wildman–Crippen MR) is 135 cm³/mol. The number of aliphatic imine (C=N–C) groups is 1. The van der Waals surface area contributed by atoms with Crippen molar-refractivity contribution in [2.75, 3.05) is 19.8 Å². The van der Waals surface area contributed by atoms with Gasteiger partial charge in [-0.05, 0) is 23.8 Å². The number of imidazole rings is 1. The molecule has 4 aromatic rings. The van der Waals surface area contributed by atoms with Gasteiger partial charge in [0.05, 0.1) is 34.7 Å². The van der Waals surface area contributed by atoms with Crippen LogP contribution in [0.5, 0.6) is 0 Å². The lowest BCUT2D eigenvalue weighted by Crippen LogP contribution is -2.30. The summed E-state index contributed by atoms with van der Waals surface area (Å²) in [5, 5.41) is 0.789. The second kappa shape index (κ2) is 9.20. The van der Waals surface area contributed by atoms with Crippen molar-refractivity contribution in [3.05, 3.63) is 65.1 Å². The molecular formula is C23H25N7O3S. The van der Waals surface area contributed by atoms with E-state index in [0.29, 0.717) is 16.7 Å². The molecule has 0 atom stereocenters. The lowest BCUT2D eigenvalue weighted by molar-refractivity contribution is 0.577. The highest BCUT2D eigenvalue weighted by atomic mass is 32.2. The van der Waals surface area contributed by atoms with Crippen molar-refractivity contribution < 1.29 is 8.42 Å². The Balaban J connectivity index is 1.82. The Hall–Kier alpha value is -3.83. The number of hydrogen-bond acceptors (Lipinski definition) is 7. The van der Waals surface area contributed by atoms with E-state index in [1.165, 1.54) is 10.8 Å². The molecule has 0 unspecified atom stereocenters. The van der Waals surface area contributed by atoms with Gasteiger partial charge in [-0.25, -0.2) is 17.9 Å². The maximum absolute atomic E-state index is 12.9. The van der Waals surface area contributed by atoms with E-state index in [1.807, 2.05) is 30.3 Å². The smallest absolute Gasteiger partial charge is 0.328 e. The second-order valence-corrected chi connectivity index (χ2v) is 9.66. The van der Waals surface area contributed by atoms with Crippen LogP contribution >= 0.6 is 0 Å². The van der Waals surface area contributed by atoms with E-state index in [0.717, 1.165) is 33.9 Å². The molecule has 0 aliphatic rings. The molecule has 0 bridgehead atoms. The minimum Gasteiger partial charge on any atom is -0.404 e. The number of nitrogens with two attached hydrogens (primary N) is 1. The molecule has 0 aliphatic heterocycles. The molecule has 4 rings (SSSR count). The number of allylic oxidation sites excluding steroid dienone is 1. The molecule has 0 saturated heterocycles. The fourth-order valence-electron chi connectivity index (χ4n) is 3.88. The lowest BCUT2D eigenvalue weighted by atomic mass is 10.0. The molecule has 0 spiro atoms. The molecule has 10 nitrogen and oxygen atoms in total. The van der Waals surface area contributed by atoms with Crippen molar-refractivity contribution in [3.63, 3.8) is 0 Å². The summed E-state index contributed by atoms with van der Waals surface area (Å²) in [6, 6.07) is 9.62. The van der Waals surface area contributed by atoms with Crippen molar-refractivity contribution in [2.45, 2.75) is 6.54 Å². The molecule has 11 heteroatoms. The average molecular weight is 480 g/mol. The number of sulfonamides is 1. The first kappa shape index (κ1) is 23.3. The highest BCUT2D eigenvalue weighted by Crippen LogP contribution is 2.28. The molecule has 0 fully saturated rings. The summed E-state index contributed by atoms with van der Waals surface area (Å²) < 4.78 is 28.5. The number of fused-ring (bicyclic) bond motifs is 3. The van der Waals surface area contributed by atoms with Gasteiger partial charge in [-0.15, -0.1) is 0 Å². The minimum atomic E-state index is -3.37. The first-order chi connectivity index (χ1) is 16.2. The summed E-state index contributed by atoms with van der Waals surface area (Å²) in [6.45, 7) is 0.292. The van der Waals surface area contributed by atoms with Crippen LogP contribution in [0.1, 0.15) is 5.69 Å². The van der Waals surface area contributed by atoms with E-state index in [4.69, 9.17) is 5.73 Å². The molecular weight excluding hydrogens is 454 g/mol. The van der Waals surface area contributed by atoms with Gasteiger partial charge < -0.3 is 5.73 Å². The number of aryl methyl sites for hydroxylation is 1. The molecule has 34 heavy (non-hydrogen) atoms. The molecule has 3 heterocycles. The van der Waals surface area contributed by atoms with Gasteiger partial charge in [0.15, 0.2) is 0 Å². The standard InChI is InChI=1S/C23H25N7O3S/c1-25-12-17(11-24)19-6-5-16(13-26-19)15-4-7-20-18(10-15)22-21(14-27-20)29(2)23(31)30(22)9-8-28-34(3,32)33/h4-7,10-14,28H,8-9,24H2,1-3H3. The summed E-state index contributed by atoms with van der Waals surface area (Å²) in [7, 11) is -0.0230. The first-order valence-corrected chi connectivity index (χ1v) is 12.4. The van der Waals surface area contributed by atoms with Crippen molar-refractivity contribution >= 4 is 43.7 Å². The third kappa shape index (κ3) is 4.47. The molecule has 0 aliphatic carbocycles. The van der Waals surface area contributed by atoms with Gasteiger partial charge in [-0.1, -0.05) is 12.1 Å². The number of hydrogen-bond donors (Lipinski definition) is 2. The van der Waals surface area contributed by atoms with Crippen LogP contribution in [-0.2, 0) is 23.6 Å².